The SMILES string of the molecule is CCC(C)NC(=O)C(CC)N(Cc1ccccc1Cl)C(=O)Cc1ccccc1[N+](=O)[O-]. The van der Waals surface area contributed by atoms with Crippen molar-refractivity contribution in [3.05, 3.63) is 74.8 Å². The lowest BCUT2D eigenvalue weighted by atomic mass is 10.0. The molecule has 0 aliphatic rings. The Morgan fingerprint density at radius 2 is 1.68 bits per heavy atom. The van der Waals surface area contributed by atoms with Crippen molar-refractivity contribution in [3.8, 4) is 0 Å². The Hall–Kier alpha value is -2.93. The minimum absolute atomic E-state index is 0.0333. The van der Waals surface area contributed by atoms with Crippen LogP contribution in [0.15, 0.2) is 48.5 Å². The third-order valence-electron chi connectivity index (χ3n) is 5.22. The smallest absolute Gasteiger partial charge is 0.273 e. The summed E-state index contributed by atoms with van der Waals surface area (Å²) in [5, 5.41) is 14.8. The molecule has 2 rings (SSSR count). The zero-order valence-corrected chi connectivity index (χ0v) is 18.8. The van der Waals surface area contributed by atoms with E-state index >= 15 is 0 Å². The standard InChI is InChI=1S/C23H28ClN3O4/c1-4-16(3)25-23(29)20(5-2)26(15-18-11-6-8-12-19(18)24)22(28)14-17-10-7-9-13-21(17)27(30)31/h6-13,16,20H,4-5,14-15H2,1-3H3,(H,25,29). The van der Waals surface area contributed by atoms with Crippen LogP contribution in [0.2, 0.25) is 5.02 Å². The van der Waals surface area contributed by atoms with Gasteiger partial charge in [0.25, 0.3) is 5.69 Å². The average Bonchev–Trinajstić information content (AvgIpc) is 2.74. The van der Waals surface area contributed by atoms with Crippen molar-refractivity contribution in [1.82, 2.24) is 10.2 Å². The fraction of sp³-hybridized carbons (Fsp3) is 0.391. The van der Waals surface area contributed by atoms with Gasteiger partial charge in [0.15, 0.2) is 0 Å². The molecule has 1 N–H and O–H groups in total. The molecule has 0 spiro atoms. The van der Waals surface area contributed by atoms with E-state index in [2.05, 4.69) is 5.32 Å². The van der Waals surface area contributed by atoms with Crippen LogP contribution in [0.5, 0.6) is 0 Å². The Morgan fingerprint density at radius 1 is 1.06 bits per heavy atom. The minimum Gasteiger partial charge on any atom is -0.352 e. The van der Waals surface area contributed by atoms with E-state index in [1.54, 1.807) is 36.4 Å². The zero-order valence-electron chi connectivity index (χ0n) is 18.0. The maximum atomic E-state index is 13.3. The molecule has 0 bridgehead atoms. The Bertz CT molecular complexity index is 935. The van der Waals surface area contributed by atoms with Gasteiger partial charge >= 0.3 is 0 Å². The van der Waals surface area contributed by atoms with E-state index in [4.69, 9.17) is 11.6 Å². The first-order valence-corrected chi connectivity index (χ1v) is 10.7. The Labute approximate surface area is 187 Å². The second-order valence-corrected chi connectivity index (χ2v) is 7.82. The first-order valence-electron chi connectivity index (χ1n) is 10.3. The monoisotopic (exact) mass is 445 g/mol. The fourth-order valence-corrected chi connectivity index (χ4v) is 3.47. The molecular formula is C23H28ClN3O4. The number of carbonyl (C=O) groups excluding carboxylic acids is 2. The van der Waals surface area contributed by atoms with Gasteiger partial charge in [-0.3, -0.25) is 19.7 Å². The summed E-state index contributed by atoms with van der Waals surface area (Å²) < 4.78 is 0. The van der Waals surface area contributed by atoms with Crippen LogP contribution >= 0.6 is 11.6 Å². The number of amides is 2. The van der Waals surface area contributed by atoms with E-state index in [1.807, 2.05) is 26.8 Å². The van der Waals surface area contributed by atoms with Crippen molar-refractivity contribution in [3.63, 3.8) is 0 Å². The molecule has 8 heteroatoms. The van der Waals surface area contributed by atoms with E-state index < -0.39 is 11.0 Å². The van der Waals surface area contributed by atoms with Crippen LogP contribution in [0, 0.1) is 10.1 Å². The van der Waals surface area contributed by atoms with Crippen molar-refractivity contribution in [2.24, 2.45) is 0 Å². The fourth-order valence-electron chi connectivity index (χ4n) is 3.27. The molecular weight excluding hydrogens is 418 g/mol. The lowest BCUT2D eigenvalue weighted by Gasteiger charge is -2.31. The predicted molar refractivity (Wildman–Crippen MR) is 121 cm³/mol. The topological polar surface area (TPSA) is 92.6 Å². The molecule has 0 saturated carbocycles. The number of nitrogens with one attached hydrogen (secondary N) is 1. The van der Waals surface area contributed by atoms with Gasteiger partial charge in [0, 0.05) is 29.2 Å². The van der Waals surface area contributed by atoms with Gasteiger partial charge < -0.3 is 10.2 Å². The molecule has 0 aliphatic carbocycles. The lowest BCUT2D eigenvalue weighted by Crippen LogP contribution is -2.51. The maximum Gasteiger partial charge on any atom is 0.273 e. The predicted octanol–water partition coefficient (Wildman–Crippen LogP) is 4.51. The molecule has 31 heavy (non-hydrogen) atoms. The number of hydrogen-bond acceptors (Lipinski definition) is 4. The summed E-state index contributed by atoms with van der Waals surface area (Å²) >= 11 is 6.31. The van der Waals surface area contributed by atoms with Crippen LogP contribution in [-0.4, -0.2) is 33.7 Å². The molecule has 2 aromatic carbocycles. The summed E-state index contributed by atoms with van der Waals surface area (Å²) in [7, 11) is 0. The normalized spacial score (nSPS) is 12.6. The molecule has 0 aliphatic heterocycles. The summed E-state index contributed by atoms with van der Waals surface area (Å²) in [4.78, 5) is 38.6. The van der Waals surface area contributed by atoms with Gasteiger partial charge in [-0.25, -0.2) is 0 Å². The average molecular weight is 446 g/mol. The molecule has 0 saturated heterocycles. The quantitative estimate of drug-likeness (QED) is 0.430. The van der Waals surface area contributed by atoms with Crippen molar-refractivity contribution < 1.29 is 14.5 Å². The summed E-state index contributed by atoms with van der Waals surface area (Å²) in [5.74, 6) is -0.625. The molecule has 2 unspecified atom stereocenters. The number of halogens is 1. The maximum absolute atomic E-state index is 13.3. The summed E-state index contributed by atoms with van der Waals surface area (Å²) in [6, 6.07) is 12.5. The van der Waals surface area contributed by atoms with Crippen molar-refractivity contribution >= 4 is 29.1 Å². The summed E-state index contributed by atoms with van der Waals surface area (Å²) in [6.07, 6.45) is 0.973. The third-order valence-corrected chi connectivity index (χ3v) is 5.58. The first-order chi connectivity index (χ1) is 14.8. The number of benzene rings is 2. The number of hydrogen-bond donors (Lipinski definition) is 1. The minimum atomic E-state index is -0.722. The highest BCUT2D eigenvalue weighted by molar-refractivity contribution is 6.31. The molecule has 2 atom stereocenters. The third kappa shape index (κ3) is 6.52. The molecule has 2 amide bonds. The number of rotatable bonds is 10. The van der Waals surface area contributed by atoms with Gasteiger partial charge in [-0.1, -0.05) is 61.8 Å². The summed E-state index contributed by atoms with van der Waals surface area (Å²) in [6.45, 7) is 5.83. The highest BCUT2D eigenvalue weighted by Crippen LogP contribution is 2.23. The molecule has 0 fully saturated rings. The molecule has 2 aromatic rings. The molecule has 0 heterocycles. The highest BCUT2D eigenvalue weighted by Gasteiger charge is 2.30. The van der Waals surface area contributed by atoms with Crippen LogP contribution in [-0.2, 0) is 22.6 Å². The Kier molecular flexibility index (Phi) is 9.00. The van der Waals surface area contributed by atoms with Crippen molar-refractivity contribution in [2.75, 3.05) is 0 Å². The van der Waals surface area contributed by atoms with E-state index in [9.17, 15) is 19.7 Å². The van der Waals surface area contributed by atoms with E-state index in [1.165, 1.54) is 11.0 Å². The van der Waals surface area contributed by atoms with Gasteiger partial charge in [0.05, 0.1) is 11.3 Å². The van der Waals surface area contributed by atoms with Crippen molar-refractivity contribution in [1.29, 1.82) is 0 Å². The molecule has 7 nitrogen and oxygen atoms in total. The van der Waals surface area contributed by atoms with Gasteiger partial charge in [0.1, 0.15) is 6.04 Å². The zero-order chi connectivity index (χ0) is 23.0. The van der Waals surface area contributed by atoms with E-state index in [0.29, 0.717) is 22.6 Å². The van der Waals surface area contributed by atoms with E-state index in [0.717, 1.165) is 6.42 Å². The van der Waals surface area contributed by atoms with Gasteiger partial charge in [0.2, 0.25) is 11.8 Å². The number of nitro groups is 1. The lowest BCUT2D eigenvalue weighted by molar-refractivity contribution is -0.385. The van der Waals surface area contributed by atoms with Crippen LogP contribution in [0.3, 0.4) is 0 Å². The van der Waals surface area contributed by atoms with Crippen LogP contribution in [0.4, 0.5) is 5.69 Å². The van der Waals surface area contributed by atoms with Crippen molar-refractivity contribution in [2.45, 2.75) is 58.7 Å². The van der Waals surface area contributed by atoms with Gasteiger partial charge in [-0.2, -0.15) is 0 Å². The van der Waals surface area contributed by atoms with Gasteiger partial charge in [-0.05, 0) is 31.4 Å². The second-order valence-electron chi connectivity index (χ2n) is 7.42. The Morgan fingerprint density at radius 3 is 2.26 bits per heavy atom. The van der Waals surface area contributed by atoms with E-state index in [-0.39, 0.29) is 36.5 Å². The largest absolute Gasteiger partial charge is 0.352 e. The van der Waals surface area contributed by atoms with Gasteiger partial charge in [-0.15, -0.1) is 0 Å². The highest BCUT2D eigenvalue weighted by atomic mass is 35.5. The summed E-state index contributed by atoms with van der Waals surface area (Å²) in [5.41, 5.74) is 0.888. The van der Waals surface area contributed by atoms with Crippen LogP contribution < -0.4 is 5.32 Å². The molecule has 0 aromatic heterocycles. The molecule has 166 valence electrons. The van der Waals surface area contributed by atoms with Crippen LogP contribution in [0.1, 0.15) is 44.7 Å². The first kappa shape index (κ1) is 24.3. The number of nitrogens with zero attached hydrogens (tertiary/aromatic N) is 2. The van der Waals surface area contributed by atoms with Crippen LogP contribution in [0.25, 0.3) is 0 Å². The number of para-hydroxylation sites is 1. The number of carbonyl (C=O) groups is 2. The second kappa shape index (κ2) is 11.5. The number of nitro benzene ring substituents is 1. The Balaban J connectivity index is 2.38. The molecule has 0 radical (unpaired) electrons.